The van der Waals surface area contributed by atoms with Gasteiger partial charge < -0.3 is 10.6 Å². The molecule has 2 N–H and O–H groups in total. The topological polar surface area (TPSA) is 67.9 Å². The molecule has 0 aromatic rings. The Balaban J connectivity index is 1.67. The number of amides is 3. The molecule has 2 fully saturated rings. The monoisotopic (exact) mass is 269 g/mol. The second-order valence-corrected chi connectivity index (χ2v) is 5.11. The summed E-state index contributed by atoms with van der Waals surface area (Å²) in [7, 11) is 1.92. The molecular weight excluding hydrogens is 246 g/mol. The van der Waals surface area contributed by atoms with E-state index in [-0.39, 0.29) is 11.9 Å². The molecule has 0 aromatic carbocycles. The SMILES string of the molecule is CN(CCN1CCNCC1)CC(=O)N1CCNC1=O. The zero-order chi connectivity index (χ0) is 13.7. The van der Waals surface area contributed by atoms with Crippen LogP contribution in [0.3, 0.4) is 0 Å². The average Bonchev–Trinajstić information content (AvgIpc) is 2.84. The van der Waals surface area contributed by atoms with Gasteiger partial charge in [0.1, 0.15) is 0 Å². The second kappa shape index (κ2) is 6.83. The van der Waals surface area contributed by atoms with Crippen LogP contribution < -0.4 is 10.6 Å². The molecule has 2 saturated heterocycles. The normalized spacial score (nSPS) is 20.9. The maximum Gasteiger partial charge on any atom is 0.324 e. The van der Waals surface area contributed by atoms with Crippen LogP contribution in [0.2, 0.25) is 0 Å². The van der Waals surface area contributed by atoms with Gasteiger partial charge in [-0.15, -0.1) is 0 Å². The van der Waals surface area contributed by atoms with Gasteiger partial charge in [-0.3, -0.25) is 19.5 Å². The molecule has 2 aliphatic rings. The van der Waals surface area contributed by atoms with Gasteiger partial charge in [0.2, 0.25) is 5.91 Å². The van der Waals surface area contributed by atoms with E-state index >= 15 is 0 Å². The van der Waals surface area contributed by atoms with E-state index in [0.717, 1.165) is 39.3 Å². The molecular formula is C12H23N5O2. The lowest BCUT2D eigenvalue weighted by Crippen LogP contribution is -2.47. The van der Waals surface area contributed by atoms with Crippen molar-refractivity contribution in [2.45, 2.75) is 0 Å². The van der Waals surface area contributed by atoms with E-state index in [0.29, 0.717) is 19.6 Å². The number of urea groups is 1. The molecule has 0 aliphatic carbocycles. The Labute approximate surface area is 113 Å². The summed E-state index contributed by atoms with van der Waals surface area (Å²) >= 11 is 0. The lowest BCUT2D eigenvalue weighted by molar-refractivity contribution is -0.128. The molecule has 0 unspecified atom stereocenters. The fourth-order valence-corrected chi connectivity index (χ4v) is 2.35. The van der Waals surface area contributed by atoms with Gasteiger partial charge in [0.25, 0.3) is 0 Å². The number of nitrogens with one attached hydrogen (secondary N) is 2. The van der Waals surface area contributed by atoms with Crippen molar-refractivity contribution in [3.05, 3.63) is 0 Å². The van der Waals surface area contributed by atoms with Gasteiger partial charge in [-0.2, -0.15) is 0 Å². The van der Waals surface area contributed by atoms with Crippen LogP contribution in [0.4, 0.5) is 4.79 Å². The van der Waals surface area contributed by atoms with Crippen molar-refractivity contribution in [2.75, 3.05) is 66.0 Å². The molecule has 7 heteroatoms. The molecule has 108 valence electrons. The Bertz CT molecular complexity index is 330. The van der Waals surface area contributed by atoms with Crippen LogP contribution in [-0.4, -0.2) is 92.6 Å². The van der Waals surface area contributed by atoms with Crippen LogP contribution in [0.5, 0.6) is 0 Å². The fourth-order valence-electron chi connectivity index (χ4n) is 2.35. The first-order valence-electron chi connectivity index (χ1n) is 6.86. The zero-order valence-electron chi connectivity index (χ0n) is 11.5. The summed E-state index contributed by atoms with van der Waals surface area (Å²) in [6, 6.07) is -0.263. The predicted octanol–water partition coefficient (Wildman–Crippen LogP) is -1.62. The van der Waals surface area contributed by atoms with Crippen molar-refractivity contribution in [1.29, 1.82) is 0 Å². The molecule has 2 rings (SSSR count). The summed E-state index contributed by atoms with van der Waals surface area (Å²) in [5.74, 6) is -0.113. The van der Waals surface area contributed by atoms with E-state index in [4.69, 9.17) is 0 Å². The Kier molecular flexibility index (Phi) is 5.12. The summed E-state index contributed by atoms with van der Waals surface area (Å²) in [4.78, 5) is 28.9. The quantitative estimate of drug-likeness (QED) is 0.627. The molecule has 2 heterocycles. The summed E-state index contributed by atoms with van der Waals surface area (Å²) in [5.41, 5.74) is 0. The summed E-state index contributed by atoms with van der Waals surface area (Å²) in [6.45, 7) is 7.39. The van der Waals surface area contributed by atoms with Crippen LogP contribution in [0, 0.1) is 0 Å². The van der Waals surface area contributed by atoms with Gasteiger partial charge in [-0.05, 0) is 7.05 Å². The molecule has 7 nitrogen and oxygen atoms in total. The first-order chi connectivity index (χ1) is 9.16. The average molecular weight is 269 g/mol. The van der Waals surface area contributed by atoms with E-state index in [2.05, 4.69) is 15.5 Å². The minimum absolute atomic E-state index is 0.113. The maximum atomic E-state index is 11.9. The third kappa shape index (κ3) is 4.15. The Hall–Kier alpha value is -1.18. The smallest absolute Gasteiger partial charge is 0.324 e. The molecule has 0 aromatic heterocycles. The van der Waals surface area contributed by atoms with Crippen LogP contribution in [0.1, 0.15) is 0 Å². The van der Waals surface area contributed by atoms with Gasteiger partial charge in [0, 0.05) is 52.4 Å². The van der Waals surface area contributed by atoms with Gasteiger partial charge in [0.15, 0.2) is 0 Å². The van der Waals surface area contributed by atoms with Gasteiger partial charge >= 0.3 is 6.03 Å². The lowest BCUT2D eigenvalue weighted by atomic mass is 10.3. The molecule has 0 saturated carbocycles. The van der Waals surface area contributed by atoms with Crippen molar-refractivity contribution < 1.29 is 9.59 Å². The molecule has 3 amide bonds. The van der Waals surface area contributed by atoms with Crippen molar-refractivity contribution in [3.8, 4) is 0 Å². The van der Waals surface area contributed by atoms with Gasteiger partial charge in [-0.1, -0.05) is 0 Å². The number of carbonyl (C=O) groups excluding carboxylic acids is 2. The largest absolute Gasteiger partial charge is 0.336 e. The summed E-state index contributed by atoms with van der Waals surface area (Å²) in [5, 5.41) is 5.96. The van der Waals surface area contributed by atoms with E-state index in [1.165, 1.54) is 4.90 Å². The first kappa shape index (κ1) is 14.2. The van der Waals surface area contributed by atoms with E-state index < -0.39 is 0 Å². The Morgan fingerprint density at radius 1 is 1.26 bits per heavy atom. The number of likely N-dealkylation sites (N-methyl/N-ethyl adjacent to an activating group) is 1. The number of imide groups is 1. The molecule has 19 heavy (non-hydrogen) atoms. The van der Waals surface area contributed by atoms with Crippen LogP contribution in [0.15, 0.2) is 0 Å². The third-order valence-electron chi connectivity index (χ3n) is 3.57. The van der Waals surface area contributed by atoms with Crippen molar-refractivity contribution in [2.24, 2.45) is 0 Å². The predicted molar refractivity (Wildman–Crippen MR) is 71.9 cm³/mol. The molecule has 0 bridgehead atoms. The highest BCUT2D eigenvalue weighted by Crippen LogP contribution is 1.99. The van der Waals surface area contributed by atoms with E-state index in [1.54, 1.807) is 0 Å². The molecule has 0 radical (unpaired) electrons. The summed E-state index contributed by atoms with van der Waals surface area (Å²) in [6.07, 6.45) is 0. The Morgan fingerprint density at radius 3 is 2.63 bits per heavy atom. The highest BCUT2D eigenvalue weighted by atomic mass is 16.2. The van der Waals surface area contributed by atoms with Crippen LogP contribution >= 0.6 is 0 Å². The maximum absolute atomic E-state index is 11.9. The van der Waals surface area contributed by atoms with Crippen molar-refractivity contribution in [3.63, 3.8) is 0 Å². The zero-order valence-corrected chi connectivity index (χ0v) is 11.5. The molecule has 0 spiro atoms. The van der Waals surface area contributed by atoms with Gasteiger partial charge in [-0.25, -0.2) is 4.79 Å². The first-order valence-corrected chi connectivity index (χ1v) is 6.86. The number of nitrogens with zero attached hydrogens (tertiary/aromatic N) is 3. The number of hydrogen-bond donors (Lipinski definition) is 2. The number of carbonyl (C=O) groups is 2. The van der Waals surface area contributed by atoms with E-state index in [9.17, 15) is 9.59 Å². The third-order valence-corrected chi connectivity index (χ3v) is 3.57. The minimum Gasteiger partial charge on any atom is -0.336 e. The number of hydrogen-bond acceptors (Lipinski definition) is 5. The second-order valence-electron chi connectivity index (χ2n) is 5.11. The number of rotatable bonds is 5. The molecule has 0 atom stereocenters. The number of piperazine rings is 1. The van der Waals surface area contributed by atoms with E-state index in [1.807, 2.05) is 11.9 Å². The highest BCUT2D eigenvalue weighted by molar-refractivity contribution is 5.96. The van der Waals surface area contributed by atoms with Crippen LogP contribution in [-0.2, 0) is 4.79 Å². The standard InChI is InChI=1S/C12H23N5O2/c1-15(8-9-16-5-2-13-3-6-16)10-11(18)17-7-4-14-12(17)19/h13H,2-10H2,1H3,(H,14,19). The summed E-state index contributed by atoms with van der Waals surface area (Å²) < 4.78 is 0. The fraction of sp³-hybridized carbons (Fsp3) is 0.833. The van der Waals surface area contributed by atoms with Gasteiger partial charge in [0.05, 0.1) is 6.54 Å². The van der Waals surface area contributed by atoms with Crippen molar-refractivity contribution >= 4 is 11.9 Å². The van der Waals surface area contributed by atoms with Crippen molar-refractivity contribution in [1.82, 2.24) is 25.3 Å². The highest BCUT2D eigenvalue weighted by Gasteiger charge is 2.26. The minimum atomic E-state index is -0.263. The Morgan fingerprint density at radius 2 is 2.00 bits per heavy atom. The lowest BCUT2D eigenvalue weighted by Gasteiger charge is -2.29. The van der Waals surface area contributed by atoms with Crippen LogP contribution in [0.25, 0.3) is 0 Å². The molecule has 2 aliphatic heterocycles.